The Morgan fingerprint density at radius 2 is 2.05 bits per heavy atom. The number of hydrogen-bond donors (Lipinski definition) is 1. The van der Waals surface area contributed by atoms with Crippen molar-refractivity contribution in [2.75, 3.05) is 0 Å². The van der Waals surface area contributed by atoms with Gasteiger partial charge in [0.2, 0.25) is 0 Å². The van der Waals surface area contributed by atoms with Gasteiger partial charge in [-0.1, -0.05) is 6.07 Å². The van der Waals surface area contributed by atoms with E-state index < -0.39 is 5.97 Å². The van der Waals surface area contributed by atoms with Crippen molar-refractivity contribution in [2.45, 2.75) is 6.61 Å². The van der Waals surface area contributed by atoms with Gasteiger partial charge in [-0.25, -0.2) is 4.79 Å². The molecule has 1 aliphatic rings. The van der Waals surface area contributed by atoms with Crippen molar-refractivity contribution in [2.24, 2.45) is 0 Å². The van der Waals surface area contributed by atoms with Crippen LogP contribution in [0.15, 0.2) is 36.4 Å². The third-order valence-corrected chi connectivity index (χ3v) is 3.27. The highest BCUT2D eigenvalue weighted by atomic mass is 16.5. The number of hydrogen-bond acceptors (Lipinski definition) is 4. The minimum Gasteiger partial charge on any atom is -0.478 e. The molecule has 0 aliphatic carbocycles. The Balaban J connectivity index is 1.90. The van der Waals surface area contributed by atoms with Crippen LogP contribution in [-0.4, -0.2) is 18.6 Å². The van der Waals surface area contributed by atoms with Gasteiger partial charge in [-0.3, -0.25) is 0 Å². The summed E-state index contributed by atoms with van der Waals surface area (Å²) in [6.07, 6.45) is 0. The van der Waals surface area contributed by atoms with Gasteiger partial charge in [-0.05, 0) is 41.4 Å². The van der Waals surface area contributed by atoms with Crippen molar-refractivity contribution in [1.29, 1.82) is 5.26 Å². The van der Waals surface area contributed by atoms with E-state index in [1.807, 2.05) is 24.3 Å². The van der Waals surface area contributed by atoms with Crippen molar-refractivity contribution >= 4 is 18.9 Å². The van der Waals surface area contributed by atoms with E-state index in [-0.39, 0.29) is 11.1 Å². The number of nitrogens with zero attached hydrogens (tertiary/aromatic N) is 1. The Morgan fingerprint density at radius 3 is 2.81 bits per heavy atom. The number of benzene rings is 2. The molecule has 0 bridgehead atoms. The van der Waals surface area contributed by atoms with Gasteiger partial charge in [0.1, 0.15) is 17.6 Å². The van der Waals surface area contributed by atoms with Gasteiger partial charge in [0, 0.05) is 0 Å². The second kappa shape index (κ2) is 5.31. The largest absolute Gasteiger partial charge is 0.478 e. The second-order valence-electron chi connectivity index (χ2n) is 4.65. The zero-order valence-electron chi connectivity index (χ0n) is 11.0. The third kappa shape index (κ3) is 2.60. The average Bonchev–Trinajstić information content (AvgIpc) is 2.94. The molecular weight excluding hydrogens is 269 g/mol. The molecule has 0 atom stereocenters. The molecule has 0 radical (unpaired) electrons. The summed E-state index contributed by atoms with van der Waals surface area (Å²) >= 11 is 0. The van der Waals surface area contributed by atoms with Crippen molar-refractivity contribution in [1.82, 2.24) is 0 Å². The predicted molar refractivity (Wildman–Crippen MR) is 76.2 cm³/mol. The maximum absolute atomic E-state index is 11.1. The molecule has 0 spiro atoms. The molecule has 2 aromatic carbocycles. The van der Waals surface area contributed by atoms with Crippen LogP contribution < -0.4 is 10.2 Å². The maximum Gasteiger partial charge on any atom is 0.337 e. The molecule has 5 nitrogen and oxygen atoms in total. The molecule has 0 saturated carbocycles. The fourth-order valence-corrected chi connectivity index (χ4v) is 2.21. The maximum atomic E-state index is 11.1. The lowest BCUT2D eigenvalue weighted by molar-refractivity contribution is 0.0696. The molecule has 0 unspecified atom stereocenters. The minimum atomic E-state index is -1.15. The van der Waals surface area contributed by atoms with Crippen LogP contribution >= 0.6 is 0 Å². The molecule has 1 heterocycles. The van der Waals surface area contributed by atoms with Crippen molar-refractivity contribution in [3.05, 3.63) is 53.1 Å². The van der Waals surface area contributed by atoms with E-state index in [0.29, 0.717) is 25.6 Å². The van der Waals surface area contributed by atoms with E-state index in [0.717, 1.165) is 11.0 Å². The molecule has 2 aromatic rings. The highest BCUT2D eigenvalue weighted by Gasteiger charge is 2.15. The molecule has 6 heteroatoms. The Labute approximate surface area is 121 Å². The van der Waals surface area contributed by atoms with Crippen molar-refractivity contribution < 1.29 is 19.3 Å². The standard InChI is InChI=1S/C15H10BNO4/c17-7-9-1-2-12(6-13(9)15(18)19)21-11-3-4-14-10(5-11)8-20-16-14/h1-6,16H,8H2,(H,18,19). The summed E-state index contributed by atoms with van der Waals surface area (Å²) in [5.74, 6) is -0.162. The Hall–Kier alpha value is -2.78. The van der Waals surface area contributed by atoms with Crippen LogP contribution in [-0.2, 0) is 11.3 Å². The van der Waals surface area contributed by atoms with E-state index in [1.165, 1.54) is 12.1 Å². The smallest absolute Gasteiger partial charge is 0.337 e. The Bertz CT molecular complexity index is 767. The third-order valence-electron chi connectivity index (χ3n) is 3.27. The first-order valence-corrected chi connectivity index (χ1v) is 6.32. The molecule has 1 N–H and O–H groups in total. The SMILES string of the molecule is N#Cc1ccc(Oc2ccc3c(c2)COB3)cc1C(=O)O. The molecule has 21 heavy (non-hydrogen) atoms. The fourth-order valence-electron chi connectivity index (χ4n) is 2.21. The van der Waals surface area contributed by atoms with Crippen LogP contribution in [0.25, 0.3) is 0 Å². The van der Waals surface area contributed by atoms with Crippen LogP contribution in [0.1, 0.15) is 21.5 Å². The summed E-state index contributed by atoms with van der Waals surface area (Å²) in [7, 11) is 0.607. The van der Waals surface area contributed by atoms with Crippen LogP contribution in [0.3, 0.4) is 0 Å². The Morgan fingerprint density at radius 1 is 1.29 bits per heavy atom. The zero-order valence-corrected chi connectivity index (χ0v) is 11.0. The topological polar surface area (TPSA) is 79.5 Å². The number of ether oxygens (including phenoxy) is 1. The lowest BCUT2D eigenvalue weighted by atomic mass is 9.87. The fraction of sp³-hybridized carbons (Fsp3) is 0.0667. The van der Waals surface area contributed by atoms with Gasteiger partial charge in [0.05, 0.1) is 17.7 Å². The zero-order chi connectivity index (χ0) is 14.8. The molecule has 1 aliphatic heterocycles. The Kier molecular flexibility index (Phi) is 3.34. The predicted octanol–water partition coefficient (Wildman–Crippen LogP) is 1.56. The van der Waals surface area contributed by atoms with Crippen molar-refractivity contribution in [3.63, 3.8) is 0 Å². The molecule has 0 aromatic heterocycles. The number of carboxylic acid groups (broad SMARTS) is 1. The number of fused-ring (bicyclic) bond motifs is 1. The van der Waals surface area contributed by atoms with E-state index in [4.69, 9.17) is 19.8 Å². The molecule has 102 valence electrons. The lowest BCUT2D eigenvalue weighted by Gasteiger charge is -2.08. The summed E-state index contributed by atoms with van der Waals surface area (Å²) < 4.78 is 11.0. The lowest BCUT2D eigenvalue weighted by Crippen LogP contribution is -2.10. The van der Waals surface area contributed by atoms with E-state index in [2.05, 4.69) is 0 Å². The van der Waals surface area contributed by atoms with Gasteiger partial charge < -0.3 is 14.5 Å². The first kappa shape index (κ1) is 13.2. The highest BCUT2D eigenvalue weighted by Crippen LogP contribution is 2.25. The second-order valence-corrected chi connectivity index (χ2v) is 4.65. The van der Waals surface area contributed by atoms with Gasteiger partial charge in [0.25, 0.3) is 0 Å². The summed E-state index contributed by atoms with van der Waals surface area (Å²) in [5, 5.41) is 18.0. The first-order chi connectivity index (χ1) is 10.2. The average molecular weight is 279 g/mol. The summed E-state index contributed by atoms with van der Waals surface area (Å²) in [5.41, 5.74) is 2.24. The monoisotopic (exact) mass is 279 g/mol. The molecule has 0 saturated heterocycles. The molecule has 3 rings (SSSR count). The van der Waals surface area contributed by atoms with Crippen LogP contribution in [0.5, 0.6) is 11.5 Å². The van der Waals surface area contributed by atoms with E-state index in [1.54, 1.807) is 6.07 Å². The number of aromatic carboxylic acids is 1. The van der Waals surface area contributed by atoms with Gasteiger partial charge in [-0.2, -0.15) is 5.26 Å². The van der Waals surface area contributed by atoms with E-state index >= 15 is 0 Å². The normalized spacial score (nSPS) is 12.1. The first-order valence-electron chi connectivity index (χ1n) is 6.32. The van der Waals surface area contributed by atoms with Crippen LogP contribution in [0.4, 0.5) is 0 Å². The summed E-state index contributed by atoms with van der Waals surface area (Å²) in [4.78, 5) is 11.1. The summed E-state index contributed by atoms with van der Waals surface area (Å²) in [6, 6.07) is 11.8. The quantitative estimate of drug-likeness (QED) is 0.862. The number of carbonyl (C=O) groups is 1. The molecule has 0 fully saturated rings. The van der Waals surface area contributed by atoms with Gasteiger partial charge >= 0.3 is 13.5 Å². The highest BCUT2D eigenvalue weighted by molar-refractivity contribution is 6.48. The van der Waals surface area contributed by atoms with Crippen LogP contribution in [0.2, 0.25) is 0 Å². The van der Waals surface area contributed by atoms with Gasteiger partial charge in [-0.15, -0.1) is 0 Å². The molecule has 0 amide bonds. The number of nitriles is 1. The number of carboxylic acids is 1. The van der Waals surface area contributed by atoms with Crippen LogP contribution in [0, 0.1) is 11.3 Å². The minimum absolute atomic E-state index is 0.0699. The van der Waals surface area contributed by atoms with Gasteiger partial charge in [0.15, 0.2) is 0 Å². The summed E-state index contributed by atoms with van der Waals surface area (Å²) in [6.45, 7) is 0.556. The molecular formula is C15H10BNO4. The van der Waals surface area contributed by atoms with Crippen molar-refractivity contribution in [3.8, 4) is 17.6 Å². The van der Waals surface area contributed by atoms with E-state index in [9.17, 15) is 4.79 Å². The number of rotatable bonds is 3.